The van der Waals surface area contributed by atoms with Crippen LogP contribution in [0.5, 0.6) is 0 Å². The molecule has 66 valence electrons. The van der Waals surface area contributed by atoms with E-state index in [0.717, 1.165) is 12.3 Å². The Kier molecular flexibility index (Phi) is 6.96. The van der Waals surface area contributed by atoms with Gasteiger partial charge in [0.2, 0.25) is 5.91 Å². The van der Waals surface area contributed by atoms with Gasteiger partial charge in [-0.1, -0.05) is 21.6 Å². The van der Waals surface area contributed by atoms with Gasteiger partial charge in [0.05, 0.1) is 0 Å². The third-order valence-electron chi connectivity index (χ3n) is 1.42. The summed E-state index contributed by atoms with van der Waals surface area (Å²) in [6, 6.07) is 0. The molecule has 0 aliphatic rings. The van der Waals surface area contributed by atoms with E-state index in [9.17, 15) is 4.79 Å². The Balaban J connectivity index is 3.36. The number of hydrogen-bond acceptors (Lipinski definition) is 3. The van der Waals surface area contributed by atoms with Crippen LogP contribution in [0, 0.1) is 0 Å². The van der Waals surface area contributed by atoms with Gasteiger partial charge in [-0.25, -0.2) is 0 Å². The van der Waals surface area contributed by atoms with Crippen LogP contribution in [0.2, 0.25) is 0 Å². The van der Waals surface area contributed by atoms with Gasteiger partial charge in [0.15, 0.2) is 0 Å². The molecule has 0 radical (unpaired) electrons. The fourth-order valence-electron chi connectivity index (χ4n) is 0.580. The molecule has 0 aromatic rings. The van der Waals surface area contributed by atoms with Crippen molar-refractivity contribution < 1.29 is 4.79 Å². The minimum Gasteiger partial charge on any atom is -0.346 e. The van der Waals surface area contributed by atoms with Crippen LogP contribution in [0.3, 0.4) is 0 Å². The minimum atomic E-state index is 0.244. The molecule has 1 amide bonds. The Labute approximate surface area is 76.5 Å². The summed E-state index contributed by atoms with van der Waals surface area (Å²) in [6.07, 6.45) is 2.69. The maximum Gasteiger partial charge on any atom is 0.223 e. The van der Waals surface area contributed by atoms with Gasteiger partial charge in [0.1, 0.15) is 0 Å². The van der Waals surface area contributed by atoms with Crippen molar-refractivity contribution in [1.82, 2.24) is 4.90 Å². The van der Waals surface area contributed by atoms with E-state index in [2.05, 4.69) is 0 Å². The van der Waals surface area contributed by atoms with Gasteiger partial charge in [-0.3, -0.25) is 4.79 Å². The Bertz CT molecular complexity index is 119. The highest BCUT2D eigenvalue weighted by molar-refractivity contribution is 8.76. The fourth-order valence-corrected chi connectivity index (χ4v) is 1.75. The maximum absolute atomic E-state index is 11.2. The van der Waals surface area contributed by atoms with E-state index < -0.39 is 0 Å². The molecular formula is C7H15NOS2. The lowest BCUT2D eigenvalue weighted by atomic mass is 10.4. The zero-order valence-electron chi connectivity index (χ0n) is 7.29. The average molecular weight is 193 g/mol. The standard InChI is InChI=1S/C7H15NOS2/c1-4-8(2)7(9)5-6-11-10-3/h4-6H2,1-3H3. The highest BCUT2D eigenvalue weighted by atomic mass is 33.1. The molecule has 0 bridgehead atoms. The summed E-state index contributed by atoms with van der Waals surface area (Å²) in [5.41, 5.74) is 0. The summed E-state index contributed by atoms with van der Waals surface area (Å²) in [6.45, 7) is 2.79. The maximum atomic E-state index is 11.2. The first-order valence-corrected chi connectivity index (χ1v) is 6.34. The SMILES string of the molecule is CCN(C)C(=O)CCSSC. The molecule has 0 atom stereocenters. The summed E-state index contributed by atoms with van der Waals surface area (Å²) < 4.78 is 0. The van der Waals surface area contributed by atoms with E-state index in [1.165, 1.54) is 0 Å². The predicted molar refractivity (Wildman–Crippen MR) is 53.9 cm³/mol. The number of carbonyl (C=O) groups excluding carboxylic acids is 1. The first-order valence-electron chi connectivity index (χ1n) is 3.62. The Hall–Kier alpha value is 0.170. The van der Waals surface area contributed by atoms with E-state index in [-0.39, 0.29) is 5.91 Å². The monoisotopic (exact) mass is 193 g/mol. The van der Waals surface area contributed by atoms with Crippen LogP contribution in [-0.4, -0.2) is 36.4 Å². The Morgan fingerprint density at radius 1 is 1.55 bits per heavy atom. The van der Waals surface area contributed by atoms with E-state index in [4.69, 9.17) is 0 Å². The Morgan fingerprint density at radius 2 is 2.18 bits per heavy atom. The number of carbonyl (C=O) groups is 1. The smallest absolute Gasteiger partial charge is 0.223 e. The molecule has 0 aliphatic carbocycles. The number of amides is 1. The van der Waals surface area contributed by atoms with E-state index in [1.807, 2.05) is 20.2 Å². The lowest BCUT2D eigenvalue weighted by Gasteiger charge is -2.13. The molecule has 0 rings (SSSR count). The predicted octanol–water partition coefficient (Wildman–Crippen LogP) is 1.87. The second-order valence-electron chi connectivity index (χ2n) is 2.15. The van der Waals surface area contributed by atoms with Gasteiger partial charge in [-0.15, -0.1) is 0 Å². The van der Waals surface area contributed by atoms with Gasteiger partial charge in [-0.2, -0.15) is 0 Å². The molecule has 0 saturated heterocycles. The zero-order chi connectivity index (χ0) is 8.69. The molecule has 0 spiro atoms. The lowest BCUT2D eigenvalue weighted by Crippen LogP contribution is -2.26. The molecular weight excluding hydrogens is 178 g/mol. The molecule has 0 unspecified atom stereocenters. The van der Waals surface area contributed by atoms with E-state index in [0.29, 0.717) is 6.42 Å². The van der Waals surface area contributed by atoms with Crippen molar-refractivity contribution in [3.05, 3.63) is 0 Å². The van der Waals surface area contributed by atoms with Crippen molar-refractivity contribution in [3.63, 3.8) is 0 Å². The zero-order valence-corrected chi connectivity index (χ0v) is 8.93. The molecule has 2 nitrogen and oxygen atoms in total. The largest absolute Gasteiger partial charge is 0.346 e. The third-order valence-corrected chi connectivity index (χ3v) is 3.23. The van der Waals surface area contributed by atoms with Crippen molar-refractivity contribution in [2.24, 2.45) is 0 Å². The first kappa shape index (κ1) is 11.2. The van der Waals surface area contributed by atoms with Gasteiger partial charge >= 0.3 is 0 Å². The van der Waals surface area contributed by atoms with Crippen LogP contribution in [-0.2, 0) is 4.79 Å². The van der Waals surface area contributed by atoms with E-state index in [1.54, 1.807) is 26.5 Å². The quantitative estimate of drug-likeness (QED) is 0.491. The summed E-state index contributed by atoms with van der Waals surface area (Å²) in [5.74, 6) is 1.17. The van der Waals surface area contributed by atoms with Crippen molar-refractivity contribution in [2.45, 2.75) is 13.3 Å². The van der Waals surface area contributed by atoms with Crippen molar-refractivity contribution >= 4 is 27.5 Å². The first-order chi connectivity index (χ1) is 5.22. The van der Waals surface area contributed by atoms with Crippen LogP contribution < -0.4 is 0 Å². The Morgan fingerprint density at radius 3 is 2.64 bits per heavy atom. The number of nitrogens with zero attached hydrogens (tertiary/aromatic N) is 1. The third kappa shape index (κ3) is 5.44. The van der Waals surface area contributed by atoms with Crippen molar-refractivity contribution in [2.75, 3.05) is 25.6 Å². The van der Waals surface area contributed by atoms with Gasteiger partial charge < -0.3 is 4.90 Å². The van der Waals surface area contributed by atoms with Crippen molar-refractivity contribution in [3.8, 4) is 0 Å². The van der Waals surface area contributed by atoms with Crippen LogP contribution in [0.4, 0.5) is 0 Å². The second-order valence-corrected chi connectivity index (χ2v) is 4.83. The molecule has 0 saturated carbocycles. The topological polar surface area (TPSA) is 20.3 Å². The van der Waals surface area contributed by atoms with Crippen LogP contribution in [0.25, 0.3) is 0 Å². The van der Waals surface area contributed by atoms with Crippen LogP contribution in [0.15, 0.2) is 0 Å². The molecule has 0 heterocycles. The fraction of sp³-hybridized carbons (Fsp3) is 0.857. The number of rotatable bonds is 5. The summed E-state index contributed by atoms with van der Waals surface area (Å²) in [4.78, 5) is 12.9. The average Bonchev–Trinajstić information content (AvgIpc) is 2.03. The van der Waals surface area contributed by atoms with Crippen LogP contribution in [0.1, 0.15) is 13.3 Å². The molecule has 0 aromatic carbocycles. The highest BCUT2D eigenvalue weighted by Crippen LogP contribution is 2.17. The molecule has 0 fully saturated rings. The van der Waals surface area contributed by atoms with Crippen LogP contribution >= 0.6 is 21.6 Å². The molecule has 0 N–H and O–H groups in total. The second kappa shape index (κ2) is 6.85. The van der Waals surface area contributed by atoms with Gasteiger partial charge in [0.25, 0.3) is 0 Å². The summed E-state index contributed by atoms with van der Waals surface area (Å²) in [7, 11) is 5.28. The molecule has 0 aromatic heterocycles. The van der Waals surface area contributed by atoms with E-state index >= 15 is 0 Å². The molecule has 0 aliphatic heterocycles. The number of hydrogen-bond donors (Lipinski definition) is 0. The highest BCUT2D eigenvalue weighted by Gasteiger charge is 2.04. The minimum absolute atomic E-state index is 0.244. The van der Waals surface area contributed by atoms with Gasteiger partial charge in [-0.05, 0) is 13.2 Å². The lowest BCUT2D eigenvalue weighted by molar-refractivity contribution is -0.129. The van der Waals surface area contributed by atoms with Crippen molar-refractivity contribution in [1.29, 1.82) is 0 Å². The summed E-state index contributed by atoms with van der Waals surface area (Å²) in [5, 5.41) is 0. The summed E-state index contributed by atoms with van der Waals surface area (Å²) >= 11 is 0. The normalized spacial score (nSPS) is 9.73. The molecule has 11 heavy (non-hydrogen) atoms. The molecule has 4 heteroatoms. The van der Waals surface area contributed by atoms with Gasteiger partial charge in [0, 0.05) is 25.8 Å².